The van der Waals surface area contributed by atoms with Crippen molar-refractivity contribution in [2.24, 2.45) is 5.92 Å². The molecule has 0 radical (unpaired) electrons. The highest BCUT2D eigenvalue weighted by Gasteiger charge is 2.25. The van der Waals surface area contributed by atoms with Gasteiger partial charge >= 0.3 is 6.09 Å². The quantitative estimate of drug-likeness (QED) is 0.713. The summed E-state index contributed by atoms with van der Waals surface area (Å²) < 4.78 is 5.19. The monoisotopic (exact) mass is 211 g/mol. The SMILES string of the molecule is C=C[C@H]1CC[C@@H](NC(=O)OC(C)(C)C)C1. The van der Waals surface area contributed by atoms with E-state index in [9.17, 15) is 4.79 Å². The Kier molecular flexibility index (Phi) is 3.77. The van der Waals surface area contributed by atoms with Crippen LogP contribution in [0.3, 0.4) is 0 Å². The molecule has 0 aromatic heterocycles. The lowest BCUT2D eigenvalue weighted by molar-refractivity contribution is 0.0505. The third-order valence-electron chi connectivity index (χ3n) is 2.53. The van der Waals surface area contributed by atoms with E-state index in [4.69, 9.17) is 4.74 Å². The second-order valence-electron chi connectivity index (χ2n) is 5.15. The second-order valence-corrected chi connectivity index (χ2v) is 5.15. The van der Waals surface area contributed by atoms with Crippen molar-refractivity contribution in [2.45, 2.75) is 51.7 Å². The van der Waals surface area contributed by atoms with Gasteiger partial charge in [-0.05, 0) is 46.0 Å². The van der Waals surface area contributed by atoms with Gasteiger partial charge in [0.25, 0.3) is 0 Å². The van der Waals surface area contributed by atoms with E-state index in [1.807, 2.05) is 26.8 Å². The second kappa shape index (κ2) is 4.69. The molecule has 3 nitrogen and oxygen atoms in total. The van der Waals surface area contributed by atoms with Crippen molar-refractivity contribution in [1.82, 2.24) is 5.32 Å². The Hall–Kier alpha value is -0.990. The number of ether oxygens (including phenoxy) is 1. The fourth-order valence-corrected chi connectivity index (χ4v) is 1.84. The first-order valence-electron chi connectivity index (χ1n) is 5.53. The molecule has 15 heavy (non-hydrogen) atoms. The smallest absolute Gasteiger partial charge is 0.407 e. The van der Waals surface area contributed by atoms with Gasteiger partial charge in [-0.3, -0.25) is 0 Å². The van der Waals surface area contributed by atoms with Gasteiger partial charge < -0.3 is 10.1 Å². The summed E-state index contributed by atoms with van der Waals surface area (Å²) in [6, 6.07) is 0.253. The number of carbonyl (C=O) groups is 1. The molecule has 0 unspecified atom stereocenters. The Morgan fingerprint density at radius 1 is 1.47 bits per heavy atom. The molecule has 0 heterocycles. The molecule has 1 rings (SSSR count). The highest BCUT2D eigenvalue weighted by molar-refractivity contribution is 5.68. The van der Waals surface area contributed by atoms with Crippen LogP contribution in [0.5, 0.6) is 0 Å². The lowest BCUT2D eigenvalue weighted by atomic mass is 10.1. The summed E-state index contributed by atoms with van der Waals surface area (Å²) in [6.07, 6.45) is 4.79. The zero-order valence-electron chi connectivity index (χ0n) is 9.88. The number of carbonyl (C=O) groups excluding carboxylic acids is 1. The number of allylic oxidation sites excluding steroid dienone is 1. The van der Waals surface area contributed by atoms with Crippen LogP contribution in [0.4, 0.5) is 4.79 Å². The zero-order chi connectivity index (χ0) is 11.5. The minimum Gasteiger partial charge on any atom is -0.444 e. The normalized spacial score (nSPS) is 26.1. The molecule has 3 heteroatoms. The van der Waals surface area contributed by atoms with E-state index in [-0.39, 0.29) is 12.1 Å². The van der Waals surface area contributed by atoms with E-state index in [0.29, 0.717) is 5.92 Å². The van der Waals surface area contributed by atoms with Crippen LogP contribution in [0, 0.1) is 5.92 Å². The number of hydrogen-bond acceptors (Lipinski definition) is 2. The van der Waals surface area contributed by atoms with Crippen LogP contribution in [0.1, 0.15) is 40.0 Å². The maximum Gasteiger partial charge on any atom is 0.407 e. The lowest BCUT2D eigenvalue weighted by Gasteiger charge is -2.21. The van der Waals surface area contributed by atoms with Crippen molar-refractivity contribution in [3.8, 4) is 0 Å². The molecule has 1 aliphatic carbocycles. The number of nitrogens with one attached hydrogen (secondary N) is 1. The van der Waals surface area contributed by atoms with Gasteiger partial charge in [0.1, 0.15) is 5.60 Å². The molecule has 1 fully saturated rings. The van der Waals surface area contributed by atoms with E-state index in [2.05, 4.69) is 11.9 Å². The summed E-state index contributed by atoms with van der Waals surface area (Å²) in [5.74, 6) is 0.546. The average molecular weight is 211 g/mol. The predicted octanol–water partition coefficient (Wildman–Crippen LogP) is 2.87. The van der Waals surface area contributed by atoms with Gasteiger partial charge in [-0.2, -0.15) is 0 Å². The maximum absolute atomic E-state index is 11.5. The minimum atomic E-state index is -0.416. The molecule has 2 atom stereocenters. The Labute approximate surface area is 91.9 Å². The van der Waals surface area contributed by atoms with E-state index in [1.165, 1.54) is 0 Å². The number of amides is 1. The van der Waals surface area contributed by atoms with Gasteiger partial charge in [0.15, 0.2) is 0 Å². The summed E-state index contributed by atoms with van der Waals surface area (Å²) >= 11 is 0. The fourth-order valence-electron chi connectivity index (χ4n) is 1.84. The fraction of sp³-hybridized carbons (Fsp3) is 0.750. The zero-order valence-corrected chi connectivity index (χ0v) is 9.88. The van der Waals surface area contributed by atoms with Crippen molar-refractivity contribution in [3.63, 3.8) is 0 Å². The Morgan fingerprint density at radius 3 is 2.60 bits per heavy atom. The molecule has 1 amide bonds. The van der Waals surface area contributed by atoms with Crippen molar-refractivity contribution >= 4 is 6.09 Å². The summed E-state index contributed by atoms with van der Waals surface area (Å²) in [5.41, 5.74) is -0.416. The molecule has 0 spiro atoms. The van der Waals surface area contributed by atoms with Crippen LogP contribution in [0.15, 0.2) is 12.7 Å². The maximum atomic E-state index is 11.5. The molecular formula is C12H21NO2. The molecule has 0 bridgehead atoms. The van der Waals surface area contributed by atoms with Crippen LogP contribution in [-0.2, 0) is 4.74 Å². The van der Waals surface area contributed by atoms with Crippen LogP contribution >= 0.6 is 0 Å². The standard InChI is InChI=1S/C12H21NO2/c1-5-9-6-7-10(8-9)13-11(14)15-12(2,3)4/h5,9-10H,1,6-8H2,2-4H3,(H,13,14)/t9-,10+/m0/s1. The highest BCUT2D eigenvalue weighted by atomic mass is 16.6. The Bertz CT molecular complexity index is 242. The van der Waals surface area contributed by atoms with Crippen molar-refractivity contribution in [2.75, 3.05) is 0 Å². The third kappa shape index (κ3) is 4.36. The molecule has 0 saturated heterocycles. The number of hydrogen-bond donors (Lipinski definition) is 1. The van der Waals surface area contributed by atoms with Crippen LogP contribution in [0.2, 0.25) is 0 Å². The van der Waals surface area contributed by atoms with Gasteiger partial charge in [-0.15, -0.1) is 6.58 Å². The number of rotatable bonds is 2. The van der Waals surface area contributed by atoms with Crippen molar-refractivity contribution in [3.05, 3.63) is 12.7 Å². The predicted molar refractivity (Wildman–Crippen MR) is 60.7 cm³/mol. The topological polar surface area (TPSA) is 38.3 Å². The van der Waals surface area contributed by atoms with E-state index in [1.54, 1.807) is 0 Å². The highest BCUT2D eigenvalue weighted by Crippen LogP contribution is 2.26. The molecule has 0 aromatic rings. The van der Waals surface area contributed by atoms with E-state index < -0.39 is 5.60 Å². The van der Waals surface area contributed by atoms with E-state index in [0.717, 1.165) is 19.3 Å². The molecule has 86 valence electrons. The molecular weight excluding hydrogens is 190 g/mol. The van der Waals surface area contributed by atoms with Crippen molar-refractivity contribution in [1.29, 1.82) is 0 Å². The van der Waals surface area contributed by atoms with Gasteiger partial charge in [0, 0.05) is 6.04 Å². The van der Waals surface area contributed by atoms with Crippen LogP contribution < -0.4 is 5.32 Å². The summed E-state index contributed by atoms with van der Waals surface area (Å²) in [6.45, 7) is 9.38. The summed E-state index contributed by atoms with van der Waals surface area (Å²) in [5, 5.41) is 2.89. The average Bonchev–Trinajstić information content (AvgIpc) is 2.48. The third-order valence-corrected chi connectivity index (χ3v) is 2.53. The van der Waals surface area contributed by atoms with Crippen molar-refractivity contribution < 1.29 is 9.53 Å². The van der Waals surface area contributed by atoms with Gasteiger partial charge in [0.05, 0.1) is 0 Å². The van der Waals surface area contributed by atoms with Gasteiger partial charge in [-0.25, -0.2) is 4.79 Å². The largest absolute Gasteiger partial charge is 0.444 e. The Balaban J connectivity index is 2.31. The summed E-state index contributed by atoms with van der Waals surface area (Å²) in [4.78, 5) is 11.5. The molecule has 0 aliphatic heterocycles. The molecule has 1 saturated carbocycles. The molecule has 1 N–H and O–H groups in total. The first kappa shape index (κ1) is 12.1. The lowest BCUT2D eigenvalue weighted by Crippen LogP contribution is -2.37. The van der Waals surface area contributed by atoms with Gasteiger partial charge in [0.2, 0.25) is 0 Å². The Morgan fingerprint density at radius 2 is 2.13 bits per heavy atom. The molecule has 1 aliphatic rings. The molecule has 0 aromatic carbocycles. The van der Waals surface area contributed by atoms with Crippen LogP contribution in [0.25, 0.3) is 0 Å². The minimum absolute atomic E-state index is 0.253. The van der Waals surface area contributed by atoms with Crippen LogP contribution in [-0.4, -0.2) is 17.7 Å². The first-order chi connectivity index (χ1) is 6.90. The summed E-state index contributed by atoms with van der Waals surface area (Å²) in [7, 11) is 0. The van der Waals surface area contributed by atoms with E-state index >= 15 is 0 Å². The number of alkyl carbamates (subject to hydrolysis) is 1. The first-order valence-corrected chi connectivity index (χ1v) is 5.53. The van der Waals surface area contributed by atoms with Gasteiger partial charge in [-0.1, -0.05) is 6.08 Å².